The number of carbonyl (C=O) groups is 2. The standard InChI is InChI=1S/C17H21NO4/c1-21-15-10-6-5-9-14(15)11-18-16(19)12-22-17(20)13-7-3-2-4-8-13/h2-3,5-6,9-10,13H,4,7-8,11-12H2,1H3,(H,18,19)/t13-/m1/s1. The fourth-order valence-electron chi connectivity index (χ4n) is 2.36. The lowest BCUT2D eigenvalue weighted by molar-refractivity contribution is -0.152. The van der Waals surface area contributed by atoms with E-state index < -0.39 is 0 Å². The van der Waals surface area contributed by atoms with E-state index >= 15 is 0 Å². The van der Waals surface area contributed by atoms with E-state index in [0.29, 0.717) is 18.7 Å². The first kappa shape index (κ1) is 16.1. The average Bonchev–Trinajstić information content (AvgIpc) is 2.58. The third-order valence-corrected chi connectivity index (χ3v) is 3.62. The van der Waals surface area contributed by atoms with Crippen molar-refractivity contribution in [3.05, 3.63) is 42.0 Å². The van der Waals surface area contributed by atoms with Crippen LogP contribution in [0.5, 0.6) is 5.75 Å². The lowest BCUT2D eigenvalue weighted by Crippen LogP contribution is -2.30. The molecule has 0 radical (unpaired) electrons. The second-order valence-electron chi connectivity index (χ2n) is 5.18. The van der Waals surface area contributed by atoms with E-state index in [1.54, 1.807) is 7.11 Å². The zero-order chi connectivity index (χ0) is 15.8. The highest BCUT2D eigenvalue weighted by Crippen LogP contribution is 2.19. The van der Waals surface area contributed by atoms with E-state index in [9.17, 15) is 9.59 Å². The molecule has 22 heavy (non-hydrogen) atoms. The third kappa shape index (κ3) is 4.62. The van der Waals surface area contributed by atoms with Crippen LogP contribution in [0.1, 0.15) is 24.8 Å². The molecular weight excluding hydrogens is 282 g/mol. The Morgan fingerprint density at radius 1 is 1.27 bits per heavy atom. The quantitative estimate of drug-likeness (QED) is 0.646. The molecule has 5 heteroatoms. The highest BCUT2D eigenvalue weighted by atomic mass is 16.5. The zero-order valence-electron chi connectivity index (χ0n) is 12.7. The summed E-state index contributed by atoms with van der Waals surface area (Å²) in [6.07, 6.45) is 6.42. The molecule has 1 aliphatic rings. The Labute approximate surface area is 130 Å². The number of allylic oxidation sites excluding steroid dienone is 2. The summed E-state index contributed by atoms with van der Waals surface area (Å²) in [5, 5.41) is 2.72. The summed E-state index contributed by atoms with van der Waals surface area (Å²) in [6.45, 7) is 0.0980. The van der Waals surface area contributed by atoms with Crippen molar-refractivity contribution in [3.63, 3.8) is 0 Å². The van der Waals surface area contributed by atoms with Gasteiger partial charge in [-0.05, 0) is 25.3 Å². The minimum absolute atomic E-state index is 0.119. The molecule has 5 nitrogen and oxygen atoms in total. The minimum atomic E-state index is -0.314. The Hall–Kier alpha value is -2.30. The predicted octanol–water partition coefficient (Wildman–Crippen LogP) is 2.21. The van der Waals surface area contributed by atoms with Crippen LogP contribution in [0.2, 0.25) is 0 Å². The monoisotopic (exact) mass is 303 g/mol. The van der Waals surface area contributed by atoms with Gasteiger partial charge in [0, 0.05) is 12.1 Å². The molecular formula is C17H21NO4. The smallest absolute Gasteiger partial charge is 0.309 e. The summed E-state index contributed by atoms with van der Waals surface area (Å²) < 4.78 is 10.3. The molecule has 0 heterocycles. The maximum Gasteiger partial charge on any atom is 0.309 e. The number of esters is 1. The molecule has 1 N–H and O–H groups in total. The molecule has 0 aromatic heterocycles. The number of amides is 1. The lowest BCUT2D eigenvalue weighted by atomic mass is 9.95. The fourth-order valence-corrected chi connectivity index (χ4v) is 2.36. The number of rotatable bonds is 6. The maximum absolute atomic E-state index is 11.8. The number of nitrogens with one attached hydrogen (secondary N) is 1. The Kier molecular flexibility index (Phi) is 6.01. The first-order valence-electron chi connectivity index (χ1n) is 7.41. The number of hydrogen-bond donors (Lipinski definition) is 1. The number of para-hydroxylation sites is 1. The Bertz CT molecular complexity index is 553. The summed E-state index contributed by atoms with van der Waals surface area (Å²) in [6, 6.07) is 7.45. The molecule has 0 unspecified atom stereocenters. The van der Waals surface area contributed by atoms with Gasteiger partial charge in [0.2, 0.25) is 0 Å². The van der Waals surface area contributed by atoms with Crippen molar-refractivity contribution in [3.8, 4) is 5.75 Å². The van der Waals surface area contributed by atoms with Crippen molar-refractivity contribution in [2.24, 2.45) is 5.92 Å². The zero-order valence-corrected chi connectivity index (χ0v) is 12.7. The van der Waals surface area contributed by atoms with Crippen LogP contribution >= 0.6 is 0 Å². The fraction of sp³-hybridized carbons (Fsp3) is 0.412. The number of benzene rings is 1. The van der Waals surface area contributed by atoms with Crippen LogP contribution < -0.4 is 10.1 Å². The first-order chi connectivity index (χ1) is 10.7. The minimum Gasteiger partial charge on any atom is -0.496 e. The van der Waals surface area contributed by atoms with Gasteiger partial charge in [-0.2, -0.15) is 0 Å². The molecule has 1 amide bonds. The molecule has 0 aliphatic heterocycles. The normalized spacial score (nSPS) is 16.9. The second-order valence-corrected chi connectivity index (χ2v) is 5.18. The van der Waals surface area contributed by atoms with Crippen LogP contribution in [-0.2, 0) is 20.9 Å². The molecule has 0 saturated heterocycles. The van der Waals surface area contributed by atoms with Crippen molar-refractivity contribution in [2.45, 2.75) is 25.8 Å². The van der Waals surface area contributed by atoms with Crippen molar-refractivity contribution < 1.29 is 19.1 Å². The van der Waals surface area contributed by atoms with Crippen molar-refractivity contribution in [1.82, 2.24) is 5.32 Å². The van der Waals surface area contributed by atoms with E-state index in [1.807, 2.05) is 30.3 Å². The van der Waals surface area contributed by atoms with Crippen LogP contribution in [0, 0.1) is 5.92 Å². The number of carbonyl (C=O) groups excluding carboxylic acids is 2. The van der Waals surface area contributed by atoms with Gasteiger partial charge in [-0.15, -0.1) is 0 Å². The number of methoxy groups -OCH3 is 1. The summed E-state index contributed by atoms with van der Waals surface area (Å²) in [7, 11) is 1.58. The molecule has 118 valence electrons. The van der Waals surface area contributed by atoms with Gasteiger partial charge in [0.1, 0.15) is 5.75 Å². The third-order valence-electron chi connectivity index (χ3n) is 3.62. The highest BCUT2D eigenvalue weighted by molar-refractivity contribution is 5.81. The predicted molar refractivity (Wildman–Crippen MR) is 82.3 cm³/mol. The lowest BCUT2D eigenvalue weighted by Gasteiger charge is -2.16. The van der Waals surface area contributed by atoms with E-state index in [-0.39, 0.29) is 24.4 Å². The van der Waals surface area contributed by atoms with Crippen LogP contribution in [-0.4, -0.2) is 25.6 Å². The van der Waals surface area contributed by atoms with Gasteiger partial charge in [0.05, 0.1) is 13.0 Å². The van der Waals surface area contributed by atoms with Gasteiger partial charge in [-0.3, -0.25) is 9.59 Å². The molecule has 0 fully saturated rings. The van der Waals surface area contributed by atoms with Crippen LogP contribution in [0.4, 0.5) is 0 Å². The van der Waals surface area contributed by atoms with Crippen molar-refractivity contribution in [2.75, 3.05) is 13.7 Å². The molecule has 1 aromatic carbocycles. The molecule has 2 rings (SSSR count). The molecule has 0 spiro atoms. The largest absolute Gasteiger partial charge is 0.496 e. The van der Waals surface area contributed by atoms with Gasteiger partial charge in [0.15, 0.2) is 6.61 Å². The van der Waals surface area contributed by atoms with Crippen LogP contribution in [0.15, 0.2) is 36.4 Å². The van der Waals surface area contributed by atoms with E-state index in [1.165, 1.54) is 0 Å². The summed E-state index contributed by atoms with van der Waals surface area (Å²) in [5.41, 5.74) is 0.877. The Morgan fingerprint density at radius 2 is 2.09 bits per heavy atom. The van der Waals surface area contributed by atoms with Crippen LogP contribution in [0.25, 0.3) is 0 Å². The van der Waals surface area contributed by atoms with Gasteiger partial charge >= 0.3 is 5.97 Å². The second kappa shape index (κ2) is 8.22. The Balaban J connectivity index is 1.74. The van der Waals surface area contributed by atoms with E-state index in [4.69, 9.17) is 9.47 Å². The Morgan fingerprint density at radius 3 is 2.82 bits per heavy atom. The van der Waals surface area contributed by atoms with Crippen molar-refractivity contribution in [1.29, 1.82) is 0 Å². The van der Waals surface area contributed by atoms with Gasteiger partial charge in [0.25, 0.3) is 5.91 Å². The molecule has 1 atom stereocenters. The van der Waals surface area contributed by atoms with E-state index in [0.717, 1.165) is 18.4 Å². The summed E-state index contributed by atoms with van der Waals surface area (Å²) >= 11 is 0. The van der Waals surface area contributed by atoms with Crippen molar-refractivity contribution >= 4 is 11.9 Å². The average molecular weight is 303 g/mol. The molecule has 0 saturated carbocycles. The molecule has 1 aromatic rings. The van der Waals surface area contributed by atoms with E-state index in [2.05, 4.69) is 11.4 Å². The SMILES string of the molecule is COc1ccccc1CNC(=O)COC(=O)[C@@H]1CC=CCC1. The maximum atomic E-state index is 11.8. The van der Waals surface area contributed by atoms with Gasteiger partial charge in [-0.25, -0.2) is 0 Å². The summed E-state index contributed by atoms with van der Waals surface area (Å²) in [4.78, 5) is 23.6. The molecule has 1 aliphatic carbocycles. The number of ether oxygens (including phenoxy) is 2. The highest BCUT2D eigenvalue weighted by Gasteiger charge is 2.20. The molecule has 0 bridgehead atoms. The van der Waals surface area contributed by atoms with Gasteiger partial charge in [-0.1, -0.05) is 30.4 Å². The summed E-state index contributed by atoms with van der Waals surface area (Å²) in [5.74, 6) is -0.0109. The number of hydrogen-bond acceptors (Lipinski definition) is 4. The van der Waals surface area contributed by atoms with Gasteiger partial charge < -0.3 is 14.8 Å². The van der Waals surface area contributed by atoms with Crippen LogP contribution in [0.3, 0.4) is 0 Å². The topological polar surface area (TPSA) is 64.6 Å². The first-order valence-corrected chi connectivity index (χ1v) is 7.41.